The molecule has 33 heavy (non-hydrogen) atoms. The zero-order chi connectivity index (χ0) is 26.7. The summed E-state index contributed by atoms with van der Waals surface area (Å²) in [7, 11) is 0. The second-order valence-electron chi connectivity index (χ2n) is 9.62. The SMILES string of the molecule is CC.CC.CC.CC(C)(C)c1ccn[nH]1.CC(C)(C)c1cnc[nH]1.CC(C)(C)c1ncc[nH]1. The van der Waals surface area contributed by atoms with Crippen LogP contribution in [0.5, 0.6) is 0 Å². The van der Waals surface area contributed by atoms with Gasteiger partial charge in [-0.1, -0.05) is 104 Å². The Morgan fingerprint density at radius 3 is 1.33 bits per heavy atom. The molecule has 0 aliphatic carbocycles. The fourth-order valence-corrected chi connectivity index (χ4v) is 2.02. The largest absolute Gasteiger partial charge is 0.348 e. The number of imidazole rings is 2. The van der Waals surface area contributed by atoms with Gasteiger partial charge in [0.15, 0.2) is 0 Å². The minimum absolute atomic E-state index is 0.156. The van der Waals surface area contributed by atoms with Crippen LogP contribution in [0.3, 0.4) is 0 Å². The maximum Gasteiger partial charge on any atom is 0.111 e. The number of aromatic nitrogens is 6. The highest BCUT2D eigenvalue weighted by Gasteiger charge is 2.15. The number of hydrogen-bond donors (Lipinski definition) is 3. The van der Waals surface area contributed by atoms with Gasteiger partial charge in [-0.15, -0.1) is 0 Å². The van der Waals surface area contributed by atoms with Gasteiger partial charge in [0.05, 0.1) is 6.33 Å². The van der Waals surface area contributed by atoms with Crippen molar-refractivity contribution in [1.29, 1.82) is 0 Å². The third kappa shape index (κ3) is 16.9. The van der Waals surface area contributed by atoms with E-state index in [0.717, 1.165) is 5.82 Å². The Balaban J connectivity index is -0.000000367. The molecule has 0 atom stereocenters. The molecule has 0 fully saturated rings. The molecule has 0 radical (unpaired) electrons. The van der Waals surface area contributed by atoms with Crippen molar-refractivity contribution in [1.82, 2.24) is 30.1 Å². The van der Waals surface area contributed by atoms with Crippen LogP contribution in [0.15, 0.2) is 37.2 Å². The molecule has 3 aromatic heterocycles. The van der Waals surface area contributed by atoms with Crippen molar-refractivity contribution in [3.05, 3.63) is 54.4 Å². The number of H-pyrrole nitrogens is 3. The van der Waals surface area contributed by atoms with Crippen LogP contribution in [0.1, 0.15) is 121 Å². The molecule has 0 saturated heterocycles. The van der Waals surface area contributed by atoms with Crippen LogP contribution in [-0.2, 0) is 16.2 Å². The number of hydrogen-bond acceptors (Lipinski definition) is 3. The van der Waals surface area contributed by atoms with Gasteiger partial charge in [-0.05, 0) is 6.07 Å². The molecule has 0 unspecified atom stereocenters. The summed E-state index contributed by atoms with van der Waals surface area (Å²) in [6.45, 7) is 31.3. The predicted molar refractivity (Wildman–Crippen MR) is 146 cm³/mol. The summed E-state index contributed by atoms with van der Waals surface area (Å²) in [4.78, 5) is 14.2. The van der Waals surface area contributed by atoms with E-state index in [2.05, 4.69) is 92.4 Å². The normalized spacial score (nSPS) is 10.3. The lowest BCUT2D eigenvalue weighted by molar-refractivity contribution is 0.552. The average Bonchev–Trinajstić information content (AvgIpc) is 3.55. The van der Waals surface area contributed by atoms with E-state index >= 15 is 0 Å². The molecule has 3 rings (SSSR count). The monoisotopic (exact) mass is 462 g/mol. The Kier molecular flexibility index (Phi) is 19.3. The molecular weight excluding hydrogens is 408 g/mol. The second kappa shape index (κ2) is 18.1. The van der Waals surface area contributed by atoms with Gasteiger partial charge in [0.1, 0.15) is 5.82 Å². The van der Waals surface area contributed by atoms with Gasteiger partial charge in [0.2, 0.25) is 0 Å². The van der Waals surface area contributed by atoms with Crippen molar-refractivity contribution in [2.75, 3.05) is 0 Å². The number of rotatable bonds is 0. The van der Waals surface area contributed by atoms with Crippen LogP contribution in [-0.4, -0.2) is 30.1 Å². The Labute approximate surface area is 204 Å². The molecule has 0 bridgehead atoms. The molecule has 3 heterocycles. The number of nitrogens with zero attached hydrogens (tertiary/aromatic N) is 3. The average molecular weight is 463 g/mol. The molecule has 0 aromatic carbocycles. The van der Waals surface area contributed by atoms with E-state index in [1.807, 2.05) is 60.0 Å². The maximum atomic E-state index is 4.13. The molecule has 0 saturated carbocycles. The Hall–Kier alpha value is -2.37. The molecule has 3 N–H and O–H groups in total. The quantitative estimate of drug-likeness (QED) is 0.314. The van der Waals surface area contributed by atoms with E-state index in [0.29, 0.717) is 0 Å². The van der Waals surface area contributed by atoms with Gasteiger partial charge in [-0.2, -0.15) is 5.10 Å². The Bertz CT molecular complexity index is 615. The minimum Gasteiger partial charge on any atom is -0.348 e. The maximum absolute atomic E-state index is 4.13. The summed E-state index contributed by atoms with van der Waals surface area (Å²) in [5, 5.41) is 6.79. The van der Waals surface area contributed by atoms with Gasteiger partial charge in [0, 0.05) is 52.4 Å². The standard InChI is InChI=1S/3C7H12N2.3C2H6/c1-7(2,3)6-4-8-5-9-6;1-7(2,3)6-8-4-5-9-6;1-7(2,3)6-4-5-8-9-6;3*1-2/h3*4-5H,1-3H3,(H,8,9);3*1-2H3. The fourth-order valence-electron chi connectivity index (χ4n) is 2.02. The number of aromatic amines is 3. The molecule has 0 aliphatic heterocycles. The van der Waals surface area contributed by atoms with Crippen molar-refractivity contribution in [2.45, 2.75) is 120 Å². The first kappa shape index (κ1) is 35.2. The summed E-state index contributed by atoms with van der Waals surface area (Å²) in [5.74, 6) is 1.04. The van der Waals surface area contributed by atoms with Crippen LogP contribution in [0, 0.1) is 0 Å². The van der Waals surface area contributed by atoms with E-state index in [4.69, 9.17) is 0 Å². The molecule has 6 nitrogen and oxygen atoms in total. The minimum atomic E-state index is 0.156. The van der Waals surface area contributed by atoms with Crippen LogP contribution in [0.4, 0.5) is 0 Å². The van der Waals surface area contributed by atoms with E-state index in [1.54, 1.807) is 18.7 Å². The smallest absolute Gasteiger partial charge is 0.111 e. The molecular formula is C27H54N6. The van der Waals surface area contributed by atoms with Gasteiger partial charge >= 0.3 is 0 Å². The van der Waals surface area contributed by atoms with Gasteiger partial charge < -0.3 is 9.97 Å². The van der Waals surface area contributed by atoms with Crippen molar-refractivity contribution >= 4 is 0 Å². The highest BCUT2D eigenvalue weighted by Crippen LogP contribution is 2.18. The zero-order valence-electron chi connectivity index (χ0n) is 24.3. The van der Waals surface area contributed by atoms with Crippen molar-refractivity contribution < 1.29 is 0 Å². The first-order valence-corrected chi connectivity index (χ1v) is 12.3. The Morgan fingerprint density at radius 1 is 0.636 bits per heavy atom. The van der Waals surface area contributed by atoms with Gasteiger partial charge in [-0.25, -0.2) is 9.97 Å². The molecule has 6 heteroatoms. The van der Waals surface area contributed by atoms with Gasteiger partial charge in [-0.3, -0.25) is 5.10 Å². The molecule has 3 aromatic rings. The molecule has 0 amide bonds. The molecule has 192 valence electrons. The van der Waals surface area contributed by atoms with E-state index in [1.165, 1.54) is 11.4 Å². The summed E-state index contributed by atoms with van der Waals surface area (Å²) < 4.78 is 0. The lowest BCUT2D eigenvalue weighted by Gasteiger charge is -2.14. The van der Waals surface area contributed by atoms with Crippen molar-refractivity contribution in [2.24, 2.45) is 0 Å². The highest BCUT2D eigenvalue weighted by molar-refractivity contribution is 5.09. The van der Waals surface area contributed by atoms with Crippen LogP contribution in [0.2, 0.25) is 0 Å². The van der Waals surface area contributed by atoms with E-state index in [9.17, 15) is 0 Å². The third-order valence-electron chi connectivity index (χ3n) is 3.82. The first-order chi connectivity index (χ1) is 15.3. The third-order valence-corrected chi connectivity index (χ3v) is 3.82. The second-order valence-corrected chi connectivity index (χ2v) is 9.62. The van der Waals surface area contributed by atoms with E-state index < -0.39 is 0 Å². The lowest BCUT2D eigenvalue weighted by Crippen LogP contribution is -2.12. The summed E-state index contributed by atoms with van der Waals surface area (Å²) in [6.07, 6.45) is 8.97. The predicted octanol–water partition coefficient (Wildman–Crippen LogP) is 8.20. The van der Waals surface area contributed by atoms with E-state index in [-0.39, 0.29) is 16.2 Å². The molecule has 0 spiro atoms. The van der Waals surface area contributed by atoms with Crippen LogP contribution >= 0.6 is 0 Å². The number of nitrogens with one attached hydrogen (secondary N) is 3. The van der Waals surface area contributed by atoms with Crippen LogP contribution < -0.4 is 0 Å². The van der Waals surface area contributed by atoms with Gasteiger partial charge in [0.25, 0.3) is 0 Å². The fraction of sp³-hybridized carbons (Fsp3) is 0.667. The van der Waals surface area contributed by atoms with Crippen molar-refractivity contribution in [3.8, 4) is 0 Å². The Morgan fingerprint density at radius 2 is 1.15 bits per heavy atom. The van der Waals surface area contributed by atoms with Crippen molar-refractivity contribution in [3.63, 3.8) is 0 Å². The zero-order valence-corrected chi connectivity index (χ0v) is 24.3. The topological polar surface area (TPSA) is 86.0 Å². The lowest BCUT2D eigenvalue weighted by atomic mass is 9.93. The van der Waals surface area contributed by atoms with Crippen LogP contribution in [0.25, 0.3) is 0 Å². The molecule has 0 aliphatic rings. The highest BCUT2D eigenvalue weighted by atomic mass is 15.1. The summed E-state index contributed by atoms with van der Waals surface area (Å²) in [6, 6.07) is 2.00. The summed E-state index contributed by atoms with van der Waals surface area (Å²) >= 11 is 0. The first-order valence-electron chi connectivity index (χ1n) is 12.3. The summed E-state index contributed by atoms with van der Waals surface area (Å²) in [5.41, 5.74) is 2.93.